The lowest BCUT2D eigenvalue weighted by molar-refractivity contribution is -0.122. The molecule has 6 nitrogen and oxygen atoms in total. The highest BCUT2D eigenvalue weighted by atomic mass is 32.2. The second-order valence-corrected chi connectivity index (χ2v) is 8.68. The van der Waals surface area contributed by atoms with Gasteiger partial charge in [-0.1, -0.05) is 36.1 Å². The van der Waals surface area contributed by atoms with Crippen molar-refractivity contribution >= 4 is 46.2 Å². The van der Waals surface area contributed by atoms with Gasteiger partial charge in [0.2, 0.25) is 6.79 Å². The van der Waals surface area contributed by atoms with Crippen molar-refractivity contribution in [1.82, 2.24) is 10.2 Å². The summed E-state index contributed by atoms with van der Waals surface area (Å²) in [5.41, 5.74) is 3.64. The molecule has 0 atom stereocenters. The van der Waals surface area contributed by atoms with E-state index in [1.54, 1.807) is 12.1 Å². The Morgan fingerprint density at radius 2 is 1.97 bits per heavy atom. The number of thiocarbonyl (C=S) groups is 1. The van der Waals surface area contributed by atoms with E-state index in [1.165, 1.54) is 16.7 Å². The van der Waals surface area contributed by atoms with Gasteiger partial charge in [0.1, 0.15) is 4.32 Å². The lowest BCUT2D eigenvalue weighted by atomic mass is 10.1. The second-order valence-electron chi connectivity index (χ2n) is 7.00. The van der Waals surface area contributed by atoms with E-state index in [0.717, 1.165) is 16.7 Å². The molecular formula is C22H20N2O4S2. The quantitative estimate of drug-likeness (QED) is 0.565. The summed E-state index contributed by atoms with van der Waals surface area (Å²) in [4.78, 5) is 27.2. The second kappa shape index (κ2) is 8.49. The average Bonchev–Trinajstić information content (AvgIpc) is 3.29. The number of benzene rings is 2. The molecule has 1 fully saturated rings. The van der Waals surface area contributed by atoms with Crippen LogP contribution in [0.1, 0.15) is 27.0 Å². The van der Waals surface area contributed by atoms with Crippen molar-refractivity contribution in [3.63, 3.8) is 0 Å². The van der Waals surface area contributed by atoms with Gasteiger partial charge in [-0.2, -0.15) is 0 Å². The standard InChI is InChI=1S/C22H20N2O4S2/c1-13-3-5-16(9-14(13)2)20(25)23-7-8-24-21(26)19(30-22(24)29)11-15-4-6-17-18(10-15)28-12-27-17/h3-6,9-11H,7-8,12H2,1-2H3,(H,23,25)/b19-11+. The molecule has 0 bridgehead atoms. The maximum atomic E-state index is 12.8. The van der Waals surface area contributed by atoms with Gasteiger partial charge in [0.25, 0.3) is 11.8 Å². The number of nitrogens with zero attached hydrogens (tertiary/aromatic N) is 1. The first-order valence-electron chi connectivity index (χ1n) is 9.43. The topological polar surface area (TPSA) is 67.9 Å². The van der Waals surface area contributed by atoms with E-state index in [-0.39, 0.29) is 18.6 Å². The lowest BCUT2D eigenvalue weighted by Crippen LogP contribution is -2.37. The first-order valence-corrected chi connectivity index (χ1v) is 10.7. The Morgan fingerprint density at radius 3 is 2.77 bits per heavy atom. The van der Waals surface area contributed by atoms with Gasteiger partial charge in [-0.15, -0.1) is 0 Å². The van der Waals surface area contributed by atoms with Gasteiger partial charge < -0.3 is 14.8 Å². The molecule has 154 valence electrons. The normalized spacial score (nSPS) is 16.5. The van der Waals surface area contributed by atoms with E-state index in [1.807, 2.05) is 44.2 Å². The van der Waals surface area contributed by atoms with Crippen LogP contribution in [0.15, 0.2) is 41.3 Å². The Hall–Kier alpha value is -2.84. The smallest absolute Gasteiger partial charge is 0.266 e. The maximum absolute atomic E-state index is 12.8. The van der Waals surface area contributed by atoms with E-state index in [4.69, 9.17) is 21.7 Å². The average molecular weight is 441 g/mol. The molecule has 0 radical (unpaired) electrons. The summed E-state index contributed by atoms with van der Waals surface area (Å²) in [5.74, 6) is 1.02. The number of thioether (sulfide) groups is 1. The van der Waals surface area contributed by atoms with Gasteiger partial charge in [-0.05, 0) is 60.9 Å². The number of rotatable bonds is 5. The number of carbonyl (C=O) groups excluding carboxylic acids is 2. The zero-order chi connectivity index (χ0) is 21.3. The first kappa shape index (κ1) is 20.4. The predicted octanol–water partition coefficient (Wildman–Crippen LogP) is 3.66. The molecular weight excluding hydrogens is 420 g/mol. The molecule has 4 rings (SSSR count). The molecule has 8 heteroatoms. The zero-order valence-corrected chi connectivity index (χ0v) is 18.2. The fourth-order valence-corrected chi connectivity index (χ4v) is 4.42. The molecule has 2 amide bonds. The number of hydrogen-bond acceptors (Lipinski definition) is 6. The number of carbonyl (C=O) groups is 2. The van der Waals surface area contributed by atoms with Crippen LogP contribution in [0.5, 0.6) is 11.5 Å². The summed E-state index contributed by atoms with van der Waals surface area (Å²) < 4.78 is 11.2. The van der Waals surface area contributed by atoms with Crippen molar-refractivity contribution in [2.45, 2.75) is 13.8 Å². The first-order chi connectivity index (χ1) is 14.4. The molecule has 2 aromatic rings. The number of nitrogens with one attached hydrogen (secondary N) is 1. The van der Waals surface area contributed by atoms with Crippen molar-refractivity contribution in [3.8, 4) is 11.5 Å². The van der Waals surface area contributed by atoms with Gasteiger partial charge in [-0.3, -0.25) is 14.5 Å². The van der Waals surface area contributed by atoms with Crippen LogP contribution in [-0.4, -0.2) is 40.9 Å². The molecule has 0 saturated carbocycles. The Labute approximate surface area is 184 Å². The number of aryl methyl sites for hydroxylation is 2. The third kappa shape index (κ3) is 4.20. The maximum Gasteiger partial charge on any atom is 0.266 e. The highest BCUT2D eigenvalue weighted by molar-refractivity contribution is 8.26. The monoisotopic (exact) mass is 440 g/mol. The highest BCUT2D eigenvalue weighted by Gasteiger charge is 2.31. The number of amides is 2. The molecule has 2 aliphatic rings. The Balaban J connectivity index is 1.37. The van der Waals surface area contributed by atoms with Crippen molar-refractivity contribution in [2.24, 2.45) is 0 Å². The van der Waals surface area contributed by atoms with Crippen molar-refractivity contribution in [3.05, 3.63) is 63.6 Å². The SMILES string of the molecule is Cc1ccc(C(=O)NCCN2C(=O)/C(=C\c3ccc4c(c3)OCO4)SC2=S)cc1C. The molecule has 0 spiro atoms. The summed E-state index contributed by atoms with van der Waals surface area (Å²) in [6, 6.07) is 11.1. The van der Waals surface area contributed by atoms with E-state index in [9.17, 15) is 9.59 Å². The largest absolute Gasteiger partial charge is 0.454 e. The molecule has 1 saturated heterocycles. The van der Waals surface area contributed by atoms with Gasteiger partial charge in [0.05, 0.1) is 4.91 Å². The van der Waals surface area contributed by atoms with Gasteiger partial charge in [0, 0.05) is 18.7 Å². The molecule has 2 aliphatic heterocycles. The van der Waals surface area contributed by atoms with Crippen LogP contribution >= 0.6 is 24.0 Å². The molecule has 0 aromatic heterocycles. The number of fused-ring (bicyclic) bond motifs is 1. The minimum absolute atomic E-state index is 0.164. The summed E-state index contributed by atoms with van der Waals surface area (Å²) in [7, 11) is 0. The lowest BCUT2D eigenvalue weighted by Gasteiger charge is -2.15. The summed E-state index contributed by atoms with van der Waals surface area (Å²) in [6.45, 7) is 4.81. The summed E-state index contributed by atoms with van der Waals surface area (Å²) in [6.07, 6.45) is 1.79. The van der Waals surface area contributed by atoms with Crippen LogP contribution in [0.2, 0.25) is 0 Å². The molecule has 30 heavy (non-hydrogen) atoms. The molecule has 0 aliphatic carbocycles. The summed E-state index contributed by atoms with van der Waals surface area (Å²) in [5, 5.41) is 2.85. The number of ether oxygens (including phenoxy) is 2. The number of hydrogen-bond donors (Lipinski definition) is 1. The third-order valence-corrected chi connectivity index (χ3v) is 6.34. The Morgan fingerprint density at radius 1 is 1.17 bits per heavy atom. The van der Waals surface area contributed by atoms with Crippen molar-refractivity contribution in [2.75, 3.05) is 19.9 Å². The fourth-order valence-electron chi connectivity index (χ4n) is 3.11. The van der Waals surface area contributed by atoms with E-state index in [0.29, 0.717) is 39.4 Å². The van der Waals surface area contributed by atoms with Gasteiger partial charge >= 0.3 is 0 Å². The van der Waals surface area contributed by atoms with Crippen LogP contribution in [0, 0.1) is 13.8 Å². The highest BCUT2D eigenvalue weighted by Crippen LogP contribution is 2.36. The minimum atomic E-state index is -0.167. The van der Waals surface area contributed by atoms with Crippen LogP contribution < -0.4 is 14.8 Å². The Bertz CT molecular complexity index is 1080. The van der Waals surface area contributed by atoms with Gasteiger partial charge in [-0.25, -0.2) is 0 Å². The minimum Gasteiger partial charge on any atom is -0.454 e. The summed E-state index contributed by atoms with van der Waals surface area (Å²) >= 11 is 6.62. The van der Waals surface area contributed by atoms with Crippen LogP contribution in [-0.2, 0) is 4.79 Å². The van der Waals surface area contributed by atoms with Crippen LogP contribution in [0.4, 0.5) is 0 Å². The molecule has 2 aromatic carbocycles. The van der Waals surface area contributed by atoms with Crippen LogP contribution in [0.25, 0.3) is 6.08 Å². The predicted molar refractivity (Wildman–Crippen MR) is 121 cm³/mol. The van der Waals surface area contributed by atoms with Crippen molar-refractivity contribution < 1.29 is 19.1 Å². The van der Waals surface area contributed by atoms with E-state index in [2.05, 4.69) is 5.32 Å². The van der Waals surface area contributed by atoms with Gasteiger partial charge in [0.15, 0.2) is 11.5 Å². The van der Waals surface area contributed by atoms with Crippen molar-refractivity contribution in [1.29, 1.82) is 0 Å². The Kier molecular flexibility index (Phi) is 5.78. The fraction of sp³-hybridized carbons (Fsp3) is 0.227. The zero-order valence-electron chi connectivity index (χ0n) is 16.6. The molecule has 2 heterocycles. The van der Waals surface area contributed by atoms with E-state index < -0.39 is 0 Å². The molecule has 1 N–H and O–H groups in total. The van der Waals surface area contributed by atoms with Crippen LogP contribution in [0.3, 0.4) is 0 Å². The third-order valence-electron chi connectivity index (χ3n) is 4.96. The van der Waals surface area contributed by atoms with E-state index >= 15 is 0 Å². The molecule has 0 unspecified atom stereocenters.